The van der Waals surface area contributed by atoms with Crippen molar-refractivity contribution in [3.63, 3.8) is 0 Å². The van der Waals surface area contributed by atoms with Crippen LogP contribution in [0, 0.1) is 11.8 Å². The highest BCUT2D eigenvalue weighted by molar-refractivity contribution is 6.02. The van der Waals surface area contributed by atoms with Gasteiger partial charge < -0.3 is 10.6 Å². The molecule has 2 amide bonds. The van der Waals surface area contributed by atoms with Crippen molar-refractivity contribution in [2.24, 2.45) is 5.18 Å². The maximum atomic E-state index is 11.9. The summed E-state index contributed by atoms with van der Waals surface area (Å²) in [6, 6.07) is 8.02. The number of amides is 2. The highest BCUT2D eigenvalue weighted by Gasteiger charge is 2.24. The molecule has 2 aliphatic rings. The summed E-state index contributed by atoms with van der Waals surface area (Å²) in [6.07, 6.45) is 1.64. The predicted molar refractivity (Wildman–Crippen MR) is 118 cm³/mol. The van der Waals surface area contributed by atoms with Crippen molar-refractivity contribution < 1.29 is 9.59 Å². The van der Waals surface area contributed by atoms with Crippen LogP contribution in [0.25, 0.3) is 16.8 Å². The van der Waals surface area contributed by atoms with Crippen LogP contribution in [0.4, 0.5) is 5.69 Å². The van der Waals surface area contributed by atoms with E-state index in [1.165, 1.54) is 13.8 Å². The molecule has 2 N–H and O–H groups in total. The van der Waals surface area contributed by atoms with Gasteiger partial charge in [0.05, 0.1) is 0 Å². The zero-order chi connectivity index (χ0) is 21.9. The summed E-state index contributed by atoms with van der Waals surface area (Å²) < 4.78 is 0. The first-order valence-electron chi connectivity index (χ1n) is 9.65. The Morgan fingerprint density at radius 1 is 1.10 bits per heavy atom. The average molecular weight is 396 g/mol. The van der Waals surface area contributed by atoms with Gasteiger partial charge in [-0.05, 0) is 55.5 Å². The number of nitrogens with one attached hydrogen (secondary N) is 2. The summed E-state index contributed by atoms with van der Waals surface area (Å²) in [6.45, 7) is 12.4. The molecule has 2 rings (SSSR count). The molecule has 0 saturated heterocycles. The van der Waals surface area contributed by atoms with Gasteiger partial charge in [0.1, 0.15) is 5.54 Å². The fourth-order valence-corrected chi connectivity index (χ4v) is 3.29. The summed E-state index contributed by atoms with van der Waals surface area (Å²) in [5.41, 5.74) is 4.79. The molecular weight excluding hydrogens is 366 g/mol. The molecule has 0 atom stereocenters. The Labute approximate surface area is 172 Å². The van der Waals surface area contributed by atoms with E-state index in [1.807, 2.05) is 19.1 Å². The van der Waals surface area contributed by atoms with Gasteiger partial charge in [0.15, 0.2) is 0 Å². The van der Waals surface area contributed by atoms with Crippen LogP contribution in [0.3, 0.4) is 0 Å². The lowest BCUT2D eigenvalue weighted by Crippen LogP contribution is -2.22. The van der Waals surface area contributed by atoms with Crippen LogP contribution in [0.5, 0.6) is 0 Å². The van der Waals surface area contributed by atoms with Gasteiger partial charge in [-0.2, -0.15) is 0 Å². The first-order valence-corrected chi connectivity index (χ1v) is 9.65. The number of hydrogen-bond acceptors (Lipinski definition) is 4. The predicted octanol–water partition coefficient (Wildman–Crippen LogP) is 5.20. The Morgan fingerprint density at radius 3 is 2.28 bits per heavy atom. The van der Waals surface area contributed by atoms with Gasteiger partial charge in [-0.25, -0.2) is 0 Å². The molecule has 0 saturated carbocycles. The van der Waals surface area contributed by atoms with E-state index in [1.54, 1.807) is 19.9 Å². The molecule has 29 heavy (non-hydrogen) atoms. The van der Waals surface area contributed by atoms with Crippen molar-refractivity contribution in [1.82, 2.24) is 5.32 Å². The maximum absolute atomic E-state index is 11.9. The van der Waals surface area contributed by atoms with Crippen LogP contribution < -0.4 is 10.6 Å². The van der Waals surface area contributed by atoms with Crippen LogP contribution in [-0.4, -0.2) is 17.4 Å². The van der Waals surface area contributed by atoms with Gasteiger partial charge >= 0.3 is 0 Å². The highest BCUT2D eigenvalue weighted by Crippen LogP contribution is 2.42. The number of nitrogens with zero attached hydrogens (tertiary/aromatic N) is 1. The van der Waals surface area contributed by atoms with Crippen LogP contribution in [0.15, 0.2) is 35.5 Å². The van der Waals surface area contributed by atoms with E-state index in [-0.39, 0.29) is 11.8 Å². The lowest BCUT2D eigenvalue weighted by molar-refractivity contribution is -0.118. The van der Waals surface area contributed by atoms with Crippen molar-refractivity contribution in [3.8, 4) is 11.1 Å². The Morgan fingerprint density at radius 2 is 1.76 bits per heavy atom. The van der Waals surface area contributed by atoms with E-state index < -0.39 is 5.54 Å². The number of rotatable bonds is 6. The van der Waals surface area contributed by atoms with E-state index in [0.717, 1.165) is 27.8 Å². The lowest BCUT2D eigenvalue weighted by atomic mass is 9.97. The Hall–Kier alpha value is -3.02. The molecule has 0 aliphatic heterocycles. The van der Waals surface area contributed by atoms with Gasteiger partial charge in [0.2, 0.25) is 11.8 Å². The molecule has 0 aromatic heterocycles. The second kappa shape index (κ2) is 8.55. The van der Waals surface area contributed by atoms with Crippen molar-refractivity contribution in [2.75, 3.05) is 5.32 Å². The monoisotopic (exact) mass is 395 g/mol. The Bertz CT molecular complexity index is 958. The molecular formula is C23H29N3O3. The molecule has 0 bridgehead atoms. The number of carbonyl (C=O) groups is 2. The Balaban J connectivity index is 2.89. The standard InChI is InChI=1S/C23H29N3O3/c1-13(2)17-9-8-14(3)22-19(10-17)18(11-20(22)24-15(4)27)21(25-16(5)28)12-23(6,7)26-29/h8-13H,1-7H3,(H,24,27)(H,25,28). The van der Waals surface area contributed by atoms with Gasteiger partial charge in [-0.3, -0.25) is 9.59 Å². The smallest absolute Gasteiger partial charge is 0.221 e. The highest BCUT2D eigenvalue weighted by atomic mass is 16.3. The fraction of sp³-hybridized carbons (Fsp3) is 0.391. The molecule has 2 aliphatic carbocycles. The maximum Gasteiger partial charge on any atom is 0.221 e. The largest absolute Gasteiger partial charge is 0.326 e. The molecule has 0 fully saturated rings. The van der Waals surface area contributed by atoms with Gasteiger partial charge in [-0.1, -0.05) is 37.2 Å². The molecule has 0 aromatic rings. The van der Waals surface area contributed by atoms with Crippen LogP contribution >= 0.6 is 0 Å². The number of fused-ring (bicyclic) bond motifs is 1. The molecule has 0 aromatic carbocycles. The van der Waals surface area contributed by atoms with Gasteiger partial charge in [0, 0.05) is 36.4 Å². The molecule has 0 unspecified atom stereocenters. The number of anilines is 1. The summed E-state index contributed by atoms with van der Waals surface area (Å²) in [5, 5.41) is 8.88. The second-order valence-corrected chi connectivity index (χ2v) is 8.24. The van der Waals surface area contributed by atoms with Crippen LogP contribution in [0.1, 0.15) is 64.2 Å². The van der Waals surface area contributed by atoms with Crippen molar-refractivity contribution in [3.05, 3.63) is 51.9 Å². The Kier molecular flexibility index (Phi) is 6.57. The SMILES string of the molecule is CC(=O)NC(=CC(C)(C)N=O)c1cc(NC(C)=O)c2c(C)ccc(C(C)C)cc1-2. The summed E-state index contributed by atoms with van der Waals surface area (Å²) in [7, 11) is 0. The third kappa shape index (κ3) is 5.28. The summed E-state index contributed by atoms with van der Waals surface area (Å²) in [4.78, 5) is 35.0. The minimum atomic E-state index is -1.01. The quantitative estimate of drug-likeness (QED) is 0.659. The number of carbonyl (C=O) groups excluding carboxylic acids is 2. The number of hydrogen-bond donors (Lipinski definition) is 2. The van der Waals surface area contributed by atoms with Crippen LogP contribution in [0.2, 0.25) is 0 Å². The van der Waals surface area contributed by atoms with E-state index >= 15 is 0 Å². The topological polar surface area (TPSA) is 87.6 Å². The van der Waals surface area contributed by atoms with Crippen LogP contribution in [-0.2, 0) is 9.59 Å². The van der Waals surface area contributed by atoms with E-state index in [0.29, 0.717) is 17.3 Å². The van der Waals surface area contributed by atoms with Gasteiger partial charge in [-0.15, -0.1) is 4.91 Å². The number of aryl methyl sites for hydroxylation is 1. The van der Waals surface area contributed by atoms with E-state index in [4.69, 9.17) is 0 Å². The van der Waals surface area contributed by atoms with Crippen molar-refractivity contribution >= 4 is 23.2 Å². The third-order valence-corrected chi connectivity index (χ3v) is 4.66. The lowest BCUT2D eigenvalue weighted by Gasteiger charge is -2.15. The summed E-state index contributed by atoms with van der Waals surface area (Å²) >= 11 is 0. The molecule has 0 heterocycles. The second-order valence-electron chi connectivity index (χ2n) is 8.24. The third-order valence-electron chi connectivity index (χ3n) is 4.66. The molecule has 6 heteroatoms. The van der Waals surface area contributed by atoms with Crippen molar-refractivity contribution in [2.45, 2.75) is 59.9 Å². The molecule has 0 radical (unpaired) electrons. The van der Waals surface area contributed by atoms with E-state index in [9.17, 15) is 14.5 Å². The van der Waals surface area contributed by atoms with Gasteiger partial charge in [0.25, 0.3) is 0 Å². The molecule has 154 valence electrons. The summed E-state index contributed by atoms with van der Waals surface area (Å²) in [5.74, 6) is -0.147. The van der Waals surface area contributed by atoms with Crippen molar-refractivity contribution in [1.29, 1.82) is 0 Å². The molecule has 0 spiro atoms. The number of nitroso groups, excluding NO2 is 1. The minimum Gasteiger partial charge on any atom is -0.326 e. The minimum absolute atomic E-state index is 0.182. The molecule has 6 nitrogen and oxygen atoms in total. The van der Waals surface area contributed by atoms with E-state index in [2.05, 4.69) is 41.8 Å². The zero-order valence-corrected chi connectivity index (χ0v) is 18.1. The normalized spacial score (nSPS) is 12.2. The first-order chi connectivity index (χ1) is 13.4. The first kappa shape index (κ1) is 22.3. The average Bonchev–Trinajstić information content (AvgIpc) is 2.83. The zero-order valence-electron chi connectivity index (χ0n) is 18.1. The fourth-order valence-electron chi connectivity index (χ4n) is 3.29.